The number of carbonyl (C=O) groups excluding carboxylic acids is 1. The van der Waals surface area contributed by atoms with Gasteiger partial charge in [0.15, 0.2) is 0 Å². The average molecular weight is 586 g/mol. The van der Waals surface area contributed by atoms with E-state index in [2.05, 4.69) is 17.0 Å². The Balaban J connectivity index is 0.000000493. The molecule has 214 valence electrons. The lowest BCUT2D eigenvalue weighted by Crippen LogP contribution is -2.61. The molecule has 0 atom stereocenters. The largest absolute Gasteiger partial charge is 0.490 e. The number of hydrogen-bond acceptors (Lipinski definition) is 5. The van der Waals surface area contributed by atoms with Gasteiger partial charge in [-0.15, -0.1) is 0 Å². The molecule has 2 fully saturated rings. The van der Waals surface area contributed by atoms with Gasteiger partial charge >= 0.3 is 12.1 Å². The summed E-state index contributed by atoms with van der Waals surface area (Å²) < 4.78 is 37.9. The predicted molar refractivity (Wildman–Crippen MR) is 146 cm³/mol. The molecule has 3 aromatic rings. The Hall–Kier alpha value is -4.07. The zero-order chi connectivity index (χ0) is 29.6. The van der Waals surface area contributed by atoms with Crippen LogP contribution in [0.4, 0.5) is 13.2 Å². The number of para-hydroxylation sites is 2. The summed E-state index contributed by atoms with van der Waals surface area (Å²) >= 11 is 5.95. The third kappa shape index (κ3) is 7.57. The maximum atomic E-state index is 12.7. The molecule has 41 heavy (non-hydrogen) atoms. The minimum absolute atomic E-state index is 0.0912. The minimum atomic E-state index is -5.08. The highest BCUT2D eigenvalue weighted by atomic mass is 35.5. The summed E-state index contributed by atoms with van der Waals surface area (Å²) in [6.45, 7) is 4.44. The first-order chi connectivity index (χ1) is 19.5. The monoisotopic (exact) mass is 585 g/mol. The van der Waals surface area contributed by atoms with Crippen LogP contribution in [-0.4, -0.2) is 59.1 Å². The van der Waals surface area contributed by atoms with Crippen LogP contribution in [-0.2, 0) is 11.3 Å². The van der Waals surface area contributed by atoms with Crippen molar-refractivity contribution in [3.63, 3.8) is 0 Å². The summed E-state index contributed by atoms with van der Waals surface area (Å²) in [5.41, 5.74) is 2.57. The normalized spacial score (nSPS) is 16.1. The van der Waals surface area contributed by atoms with Crippen LogP contribution in [0.15, 0.2) is 72.8 Å². The molecule has 0 saturated carbocycles. The summed E-state index contributed by atoms with van der Waals surface area (Å²) in [4.78, 5) is 26.0. The smallest absolute Gasteiger partial charge is 0.475 e. The predicted octanol–water partition coefficient (Wildman–Crippen LogP) is 6.38. The van der Waals surface area contributed by atoms with E-state index in [0.29, 0.717) is 21.9 Å². The van der Waals surface area contributed by atoms with Gasteiger partial charge in [-0.3, -0.25) is 9.69 Å². The van der Waals surface area contributed by atoms with Gasteiger partial charge in [-0.2, -0.15) is 18.4 Å². The van der Waals surface area contributed by atoms with Gasteiger partial charge < -0.3 is 14.7 Å². The Morgan fingerprint density at radius 3 is 2.10 bits per heavy atom. The number of carbonyl (C=O) groups is 2. The van der Waals surface area contributed by atoms with Crippen molar-refractivity contribution in [1.82, 2.24) is 9.80 Å². The van der Waals surface area contributed by atoms with E-state index in [-0.39, 0.29) is 11.3 Å². The first-order valence-electron chi connectivity index (χ1n) is 12.8. The zero-order valence-electron chi connectivity index (χ0n) is 21.9. The molecule has 1 spiro atoms. The first kappa shape index (κ1) is 29.9. The van der Waals surface area contributed by atoms with E-state index in [1.165, 1.54) is 0 Å². The first-order valence-corrected chi connectivity index (χ1v) is 13.2. The molecule has 2 aliphatic heterocycles. The van der Waals surface area contributed by atoms with Crippen LogP contribution in [0.2, 0.25) is 5.02 Å². The number of carboxylic acid groups (broad SMARTS) is 1. The molecule has 11 heteroatoms. The van der Waals surface area contributed by atoms with E-state index in [9.17, 15) is 23.2 Å². The van der Waals surface area contributed by atoms with Gasteiger partial charge in [-0.1, -0.05) is 41.9 Å². The van der Waals surface area contributed by atoms with Gasteiger partial charge in [0.2, 0.25) is 0 Å². The number of carboxylic acids is 1. The zero-order valence-corrected chi connectivity index (χ0v) is 22.7. The molecular weight excluding hydrogens is 559 g/mol. The van der Waals surface area contributed by atoms with Crippen LogP contribution in [0.3, 0.4) is 0 Å². The number of hydrogen-bond donors (Lipinski definition) is 1. The molecule has 0 unspecified atom stereocenters. The topological polar surface area (TPSA) is 93.9 Å². The number of nitriles is 1. The molecule has 1 amide bonds. The molecule has 0 radical (unpaired) electrons. The number of ether oxygens (including phenoxy) is 1. The highest BCUT2D eigenvalue weighted by Crippen LogP contribution is 2.41. The Bertz CT molecular complexity index is 1420. The van der Waals surface area contributed by atoms with Crippen LogP contribution in [0.5, 0.6) is 11.5 Å². The van der Waals surface area contributed by atoms with Crippen LogP contribution in [0.1, 0.15) is 34.3 Å². The summed E-state index contributed by atoms with van der Waals surface area (Å²) in [5.74, 6) is -1.30. The fraction of sp³-hybridized carbons (Fsp3) is 0.300. The number of likely N-dealkylation sites (tertiary alicyclic amines) is 2. The van der Waals surface area contributed by atoms with E-state index >= 15 is 0 Å². The fourth-order valence-corrected chi connectivity index (χ4v) is 5.05. The van der Waals surface area contributed by atoms with E-state index in [1.807, 2.05) is 41.3 Å². The third-order valence-corrected chi connectivity index (χ3v) is 7.44. The highest BCUT2D eigenvalue weighted by molar-refractivity contribution is 6.30. The lowest BCUT2D eigenvalue weighted by atomic mass is 9.71. The number of amides is 1. The maximum absolute atomic E-state index is 12.7. The van der Waals surface area contributed by atoms with Gasteiger partial charge in [0.1, 0.15) is 17.6 Å². The molecule has 0 aliphatic carbocycles. The Morgan fingerprint density at radius 2 is 1.51 bits per heavy atom. The third-order valence-electron chi connectivity index (χ3n) is 7.18. The Morgan fingerprint density at radius 1 is 0.951 bits per heavy atom. The number of aliphatic carboxylic acids is 1. The second-order valence-electron chi connectivity index (χ2n) is 10.1. The second-order valence-corrected chi connectivity index (χ2v) is 10.5. The molecule has 3 aromatic carbocycles. The summed E-state index contributed by atoms with van der Waals surface area (Å²) in [6, 6.07) is 24.7. The second kappa shape index (κ2) is 12.6. The van der Waals surface area contributed by atoms with E-state index in [4.69, 9.17) is 26.2 Å². The number of halogens is 4. The molecule has 5 rings (SSSR count). The molecule has 0 aromatic heterocycles. The summed E-state index contributed by atoms with van der Waals surface area (Å²) in [5, 5.41) is 17.1. The average Bonchev–Trinajstić information content (AvgIpc) is 2.93. The van der Waals surface area contributed by atoms with Crippen molar-refractivity contribution in [1.29, 1.82) is 5.26 Å². The Kier molecular flexibility index (Phi) is 9.21. The molecule has 1 N–H and O–H groups in total. The van der Waals surface area contributed by atoms with Gasteiger partial charge in [0.25, 0.3) is 5.91 Å². The lowest BCUT2D eigenvalue weighted by Gasteiger charge is -2.54. The summed E-state index contributed by atoms with van der Waals surface area (Å²) in [6.07, 6.45) is -2.92. The summed E-state index contributed by atoms with van der Waals surface area (Å²) in [7, 11) is 0. The molecule has 2 saturated heterocycles. The van der Waals surface area contributed by atoms with Gasteiger partial charge in [0, 0.05) is 41.2 Å². The molecule has 2 heterocycles. The van der Waals surface area contributed by atoms with E-state index in [1.54, 1.807) is 30.3 Å². The number of benzene rings is 3. The molecule has 0 bridgehead atoms. The van der Waals surface area contributed by atoms with Crippen molar-refractivity contribution >= 4 is 23.5 Å². The van der Waals surface area contributed by atoms with Crippen LogP contribution < -0.4 is 4.74 Å². The number of nitrogens with zero attached hydrogens (tertiary/aromatic N) is 3. The van der Waals surface area contributed by atoms with Crippen molar-refractivity contribution < 1.29 is 32.6 Å². The van der Waals surface area contributed by atoms with Crippen LogP contribution in [0, 0.1) is 16.7 Å². The van der Waals surface area contributed by atoms with Crippen molar-refractivity contribution in [2.75, 3.05) is 26.2 Å². The molecule has 7 nitrogen and oxygen atoms in total. The highest BCUT2D eigenvalue weighted by Gasteiger charge is 2.46. The van der Waals surface area contributed by atoms with Crippen LogP contribution >= 0.6 is 11.6 Å². The number of rotatable bonds is 5. The number of piperidine rings is 1. The fourth-order valence-electron chi connectivity index (χ4n) is 4.93. The van der Waals surface area contributed by atoms with Crippen molar-refractivity contribution in [2.24, 2.45) is 5.41 Å². The van der Waals surface area contributed by atoms with Crippen molar-refractivity contribution in [3.05, 3.63) is 94.5 Å². The van der Waals surface area contributed by atoms with Crippen molar-refractivity contribution in [2.45, 2.75) is 25.6 Å². The van der Waals surface area contributed by atoms with Gasteiger partial charge in [0.05, 0.1) is 5.56 Å². The van der Waals surface area contributed by atoms with Gasteiger partial charge in [-0.25, -0.2) is 4.79 Å². The quantitative estimate of drug-likeness (QED) is 0.374. The SMILES string of the molecule is N#Cc1ccccc1Oc1ccccc1CN1CCC2(CC1)CN(C(=O)c1ccc(Cl)cc1)C2.O=C(O)C(F)(F)F. The van der Waals surface area contributed by atoms with Gasteiger partial charge in [-0.05, 0) is 68.4 Å². The van der Waals surface area contributed by atoms with E-state index < -0.39 is 12.1 Å². The standard InChI is InChI=1S/C28H26ClN3O2.C2HF3O2/c29-24-11-9-21(10-12-24)27(33)32-19-28(20-32)13-15-31(16-14-28)18-23-6-2-4-8-26(23)34-25-7-3-1-5-22(25)17-30;3-2(4,5)1(6)7/h1-12H,13-16,18-20H2;(H,6,7). The van der Waals surface area contributed by atoms with E-state index in [0.717, 1.165) is 56.9 Å². The Labute approximate surface area is 240 Å². The van der Waals surface area contributed by atoms with Crippen molar-refractivity contribution in [3.8, 4) is 17.6 Å². The number of alkyl halides is 3. The molecular formula is C30H27ClF3N3O4. The molecule has 2 aliphatic rings. The minimum Gasteiger partial charge on any atom is -0.475 e. The van der Waals surface area contributed by atoms with Crippen LogP contribution in [0.25, 0.3) is 0 Å². The maximum Gasteiger partial charge on any atom is 0.490 e. The lowest BCUT2D eigenvalue weighted by molar-refractivity contribution is -0.192.